The van der Waals surface area contributed by atoms with Crippen LogP contribution in [0.3, 0.4) is 0 Å². The highest BCUT2D eigenvalue weighted by atomic mass is 32.2. The van der Waals surface area contributed by atoms with Gasteiger partial charge in [-0.15, -0.1) is 0 Å². The topological polar surface area (TPSA) is 98.1 Å². The van der Waals surface area contributed by atoms with Gasteiger partial charge in [-0.05, 0) is 56.0 Å². The molecule has 2 aliphatic rings. The second-order valence-corrected chi connectivity index (χ2v) is 9.62. The standard InChI is InChI=1S/C22H19N3O4S/c1-13(14-6-7-14)25-20(10-11-23-25)24-22(27)15-8-9-17-19(12-15)30(28,29)18-5-3-2-4-16(18)21(17)26/h2-5,8-14H,6-7H2,1H3,(H,24,27). The molecule has 1 unspecified atom stereocenters. The van der Waals surface area contributed by atoms with Crippen LogP contribution in [-0.2, 0) is 9.84 Å². The Hall–Kier alpha value is -3.26. The first-order valence-electron chi connectivity index (χ1n) is 9.75. The molecule has 1 aromatic heterocycles. The molecule has 1 aliphatic heterocycles. The van der Waals surface area contributed by atoms with Crippen LogP contribution in [0.1, 0.15) is 52.1 Å². The number of rotatable bonds is 4. The van der Waals surface area contributed by atoms with Gasteiger partial charge >= 0.3 is 0 Å². The van der Waals surface area contributed by atoms with Gasteiger partial charge in [-0.1, -0.05) is 12.1 Å². The molecule has 1 saturated carbocycles. The van der Waals surface area contributed by atoms with Gasteiger partial charge in [0.2, 0.25) is 9.84 Å². The molecule has 152 valence electrons. The highest BCUT2D eigenvalue weighted by molar-refractivity contribution is 7.91. The summed E-state index contributed by atoms with van der Waals surface area (Å²) in [4.78, 5) is 25.4. The predicted octanol–water partition coefficient (Wildman–Crippen LogP) is 3.48. The largest absolute Gasteiger partial charge is 0.307 e. The zero-order valence-corrected chi connectivity index (χ0v) is 17.0. The Kier molecular flexibility index (Phi) is 4.14. The number of amides is 1. The maximum atomic E-state index is 13.1. The molecule has 1 atom stereocenters. The summed E-state index contributed by atoms with van der Waals surface area (Å²) in [6.07, 6.45) is 3.92. The summed E-state index contributed by atoms with van der Waals surface area (Å²) in [6.45, 7) is 2.06. The normalized spacial score (nSPS) is 17.7. The molecule has 0 radical (unpaired) electrons. The van der Waals surface area contributed by atoms with E-state index >= 15 is 0 Å². The Morgan fingerprint density at radius 3 is 2.60 bits per heavy atom. The highest BCUT2D eigenvalue weighted by Gasteiger charge is 2.35. The van der Waals surface area contributed by atoms with Crippen molar-refractivity contribution in [3.63, 3.8) is 0 Å². The smallest absolute Gasteiger partial charge is 0.256 e. The minimum Gasteiger partial charge on any atom is -0.307 e. The van der Waals surface area contributed by atoms with Crippen LogP contribution in [0.15, 0.2) is 64.5 Å². The van der Waals surface area contributed by atoms with Gasteiger partial charge < -0.3 is 5.32 Å². The molecule has 0 saturated heterocycles. The maximum absolute atomic E-state index is 13.1. The van der Waals surface area contributed by atoms with Crippen molar-refractivity contribution in [3.05, 3.63) is 71.4 Å². The first-order valence-corrected chi connectivity index (χ1v) is 11.2. The number of benzene rings is 2. The maximum Gasteiger partial charge on any atom is 0.256 e. The van der Waals surface area contributed by atoms with Crippen molar-refractivity contribution < 1.29 is 18.0 Å². The number of nitrogens with one attached hydrogen (secondary N) is 1. The lowest BCUT2D eigenvalue weighted by atomic mass is 10.0. The van der Waals surface area contributed by atoms with Crippen LogP contribution in [0.4, 0.5) is 5.82 Å². The predicted molar refractivity (Wildman–Crippen MR) is 109 cm³/mol. The van der Waals surface area contributed by atoms with E-state index < -0.39 is 15.7 Å². The van der Waals surface area contributed by atoms with Gasteiger partial charge in [-0.25, -0.2) is 13.1 Å². The first-order chi connectivity index (χ1) is 14.4. The van der Waals surface area contributed by atoms with Crippen LogP contribution in [-0.4, -0.2) is 29.9 Å². The van der Waals surface area contributed by atoms with Crippen LogP contribution in [0.5, 0.6) is 0 Å². The highest BCUT2D eigenvalue weighted by Crippen LogP contribution is 2.40. The monoisotopic (exact) mass is 421 g/mol. The van der Waals surface area contributed by atoms with E-state index in [1.165, 1.54) is 30.3 Å². The Morgan fingerprint density at radius 2 is 1.83 bits per heavy atom. The summed E-state index contributed by atoms with van der Waals surface area (Å²) < 4.78 is 27.9. The van der Waals surface area contributed by atoms with Gasteiger partial charge in [-0.2, -0.15) is 5.10 Å². The van der Waals surface area contributed by atoms with E-state index in [9.17, 15) is 18.0 Å². The van der Waals surface area contributed by atoms with Crippen LogP contribution >= 0.6 is 0 Å². The molecule has 2 heterocycles. The fourth-order valence-corrected chi connectivity index (χ4v) is 5.61. The summed E-state index contributed by atoms with van der Waals surface area (Å²) in [6, 6.07) is 12.2. The van der Waals surface area contributed by atoms with Crippen LogP contribution in [0, 0.1) is 5.92 Å². The van der Waals surface area contributed by atoms with Crippen molar-refractivity contribution in [1.29, 1.82) is 0 Å². The third-order valence-electron chi connectivity index (χ3n) is 5.80. The molecule has 1 aliphatic carbocycles. The number of aromatic nitrogens is 2. The SMILES string of the molecule is CC(C1CC1)n1nccc1NC(=O)c1ccc2c(c1)S(=O)(=O)c1ccccc1C2=O. The fraction of sp³-hybridized carbons (Fsp3) is 0.227. The van der Waals surface area contributed by atoms with Crippen LogP contribution < -0.4 is 5.32 Å². The zero-order valence-electron chi connectivity index (χ0n) is 16.2. The van der Waals surface area contributed by atoms with Crippen molar-refractivity contribution in [2.24, 2.45) is 5.92 Å². The minimum absolute atomic E-state index is 0.0311. The number of carbonyl (C=O) groups excluding carboxylic acids is 2. The lowest BCUT2D eigenvalue weighted by Crippen LogP contribution is -2.22. The molecular formula is C22H19N3O4S. The number of nitrogens with zero attached hydrogens (tertiary/aromatic N) is 2. The quantitative estimate of drug-likeness (QED) is 0.544. The Labute approximate surface area is 173 Å². The first kappa shape index (κ1) is 18.7. The van der Waals surface area contributed by atoms with Gasteiger partial charge in [0.1, 0.15) is 5.82 Å². The molecule has 30 heavy (non-hydrogen) atoms. The lowest BCUT2D eigenvalue weighted by Gasteiger charge is -2.19. The van der Waals surface area contributed by atoms with Crippen LogP contribution in [0.25, 0.3) is 0 Å². The molecule has 2 aromatic carbocycles. The van der Waals surface area contributed by atoms with E-state index in [-0.39, 0.29) is 38.3 Å². The van der Waals surface area contributed by atoms with Crippen molar-refractivity contribution >= 4 is 27.3 Å². The Morgan fingerprint density at radius 1 is 1.10 bits per heavy atom. The zero-order chi connectivity index (χ0) is 21.0. The van der Waals surface area contributed by atoms with E-state index in [1.54, 1.807) is 29.1 Å². The second-order valence-electron chi connectivity index (χ2n) is 7.73. The number of carbonyl (C=O) groups is 2. The molecule has 0 spiro atoms. The number of sulfone groups is 1. The number of hydrogen-bond donors (Lipinski definition) is 1. The van der Waals surface area contributed by atoms with E-state index in [1.807, 2.05) is 0 Å². The van der Waals surface area contributed by atoms with Crippen molar-refractivity contribution in [2.45, 2.75) is 35.6 Å². The fourth-order valence-electron chi connectivity index (χ4n) is 3.93. The van der Waals surface area contributed by atoms with Crippen molar-refractivity contribution in [3.8, 4) is 0 Å². The summed E-state index contributed by atoms with van der Waals surface area (Å²) in [7, 11) is -3.90. The third kappa shape index (κ3) is 2.87. The van der Waals surface area contributed by atoms with E-state index in [4.69, 9.17) is 0 Å². The lowest BCUT2D eigenvalue weighted by molar-refractivity contribution is 0.101. The minimum atomic E-state index is -3.90. The average Bonchev–Trinajstić information content (AvgIpc) is 3.50. The molecule has 3 aromatic rings. The Bertz CT molecular complexity index is 1310. The van der Waals surface area contributed by atoms with Crippen molar-refractivity contribution in [1.82, 2.24) is 9.78 Å². The molecule has 8 heteroatoms. The number of fused-ring (bicyclic) bond motifs is 2. The van der Waals surface area contributed by atoms with Gasteiger partial charge in [0.15, 0.2) is 5.78 Å². The number of ketones is 1. The molecule has 5 rings (SSSR count). The van der Waals surface area contributed by atoms with Gasteiger partial charge in [0.25, 0.3) is 5.91 Å². The molecule has 1 amide bonds. The summed E-state index contributed by atoms with van der Waals surface area (Å²) in [5.41, 5.74) is 0.397. The van der Waals surface area contributed by atoms with Gasteiger partial charge in [0.05, 0.1) is 22.0 Å². The van der Waals surface area contributed by atoms with Crippen LogP contribution in [0.2, 0.25) is 0 Å². The number of hydrogen-bond acceptors (Lipinski definition) is 5. The number of anilines is 1. The molecule has 1 fully saturated rings. The molecule has 1 N–H and O–H groups in total. The van der Waals surface area contributed by atoms with Crippen molar-refractivity contribution in [2.75, 3.05) is 5.32 Å². The Balaban J connectivity index is 1.49. The van der Waals surface area contributed by atoms with Gasteiger partial charge in [-0.3, -0.25) is 9.59 Å². The van der Waals surface area contributed by atoms with Gasteiger partial charge in [0, 0.05) is 22.8 Å². The van der Waals surface area contributed by atoms with E-state index in [2.05, 4.69) is 17.3 Å². The average molecular weight is 421 g/mol. The molecule has 7 nitrogen and oxygen atoms in total. The molecular weight excluding hydrogens is 402 g/mol. The second kappa shape index (κ2) is 6.63. The summed E-state index contributed by atoms with van der Waals surface area (Å²) >= 11 is 0. The molecule has 0 bridgehead atoms. The third-order valence-corrected chi connectivity index (χ3v) is 7.65. The van der Waals surface area contributed by atoms with E-state index in [0.717, 1.165) is 12.8 Å². The summed E-state index contributed by atoms with van der Waals surface area (Å²) in [5.74, 6) is 0.296. The van der Waals surface area contributed by atoms with E-state index in [0.29, 0.717) is 11.7 Å². The summed E-state index contributed by atoms with van der Waals surface area (Å²) in [5, 5.41) is 7.13.